The predicted molar refractivity (Wildman–Crippen MR) is 157 cm³/mol. The normalized spacial score (nSPS) is 12.5. The Kier molecular flexibility index (Phi) is 9.93. The molecule has 0 unspecified atom stereocenters. The standard InChI is InChI=1S/C28H30Cl3N3O4S/c1-19(27(36)32-28(2,3)4)33(17-20-9-8-10-21(29)13-20)26(35)18-34(24-15-22(30)14-23(31)16-24)39(37,38)25-11-6-5-7-12-25/h5-16,19H,17-18H2,1-4H3,(H,32,36)/t19-/m0/s1. The molecule has 0 saturated heterocycles. The fraction of sp³-hybridized carbons (Fsp3) is 0.286. The van der Waals surface area contributed by atoms with Crippen LogP contribution in [0.5, 0.6) is 0 Å². The fourth-order valence-electron chi connectivity index (χ4n) is 3.82. The molecule has 0 radical (unpaired) electrons. The number of carbonyl (C=O) groups excluding carboxylic acids is 2. The summed E-state index contributed by atoms with van der Waals surface area (Å²) in [6.07, 6.45) is 0. The number of nitrogens with one attached hydrogen (secondary N) is 1. The van der Waals surface area contributed by atoms with Crippen molar-refractivity contribution in [1.29, 1.82) is 0 Å². The van der Waals surface area contributed by atoms with Crippen LogP contribution in [0.15, 0.2) is 77.7 Å². The number of anilines is 1. The smallest absolute Gasteiger partial charge is 0.264 e. The van der Waals surface area contributed by atoms with Gasteiger partial charge in [0.15, 0.2) is 0 Å². The molecule has 0 saturated carbocycles. The van der Waals surface area contributed by atoms with Crippen LogP contribution in [-0.2, 0) is 26.2 Å². The highest BCUT2D eigenvalue weighted by Crippen LogP contribution is 2.30. The number of carbonyl (C=O) groups is 2. The summed E-state index contributed by atoms with van der Waals surface area (Å²) in [6.45, 7) is 6.50. The Bertz CT molecular complexity index is 1420. The maximum absolute atomic E-state index is 13.9. The summed E-state index contributed by atoms with van der Waals surface area (Å²) in [7, 11) is -4.22. The molecule has 7 nitrogen and oxygen atoms in total. The van der Waals surface area contributed by atoms with Gasteiger partial charge in [0.2, 0.25) is 11.8 Å². The molecule has 0 aliphatic carbocycles. The van der Waals surface area contributed by atoms with E-state index in [2.05, 4.69) is 5.32 Å². The Morgan fingerprint density at radius 2 is 1.49 bits per heavy atom. The third-order valence-corrected chi connectivity index (χ3v) is 8.11. The average molecular weight is 611 g/mol. The van der Waals surface area contributed by atoms with Crippen LogP contribution in [0.2, 0.25) is 15.1 Å². The molecule has 3 rings (SSSR count). The molecule has 0 spiro atoms. The SMILES string of the molecule is C[C@@H](C(=O)NC(C)(C)C)N(Cc1cccc(Cl)c1)C(=O)CN(c1cc(Cl)cc(Cl)c1)S(=O)(=O)c1ccccc1. The summed E-state index contributed by atoms with van der Waals surface area (Å²) in [5.74, 6) is -0.997. The minimum atomic E-state index is -4.22. The van der Waals surface area contributed by atoms with E-state index in [9.17, 15) is 18.0 Å². The summed E-state index contributed by atoms with van der Waals surface area (Å²) < 4.78 is 28.5. The van der Waals surface area contributed by atoms with Crippen LogP contribution in [0.3, 0.4) is 0 Å². The molecule has 0 heterocycles. The zero-order valence-electron chi connectivity index (χ0n) is 22.0. The summed E-state index contributed by atoms with van der Waals surface area (Å²) >= 11 is 18.6. The second kappa shape index (κ2) is 12.6. The molecule has 2 amide bonds. The maximum atomic E-state index is 13.9. The number of rotatable bonds is 9. The van der Waals surface area contributed by atoms with Crippen LogP contribution in [0.1, 0.15) is 33.3 Å². The minimum absolute atomic E-state index is 0.0196. The van der Waals surface area contributed by atoms with E-state index in [0.717, 1.165) is 4.31 Å². The van der Waals surface area contributed by atoms with E-state index in [-0.39, 0.29) is 33.1 Å². The van der Waals surface area contributed by atoms with Crippen molar-refractivity contribution in [3.63, 3.8) is 0 Å². The lowest BCUT2D eigenvalue weighted by Gasteiger charge is -2.33. The van der Waals surface area contributed by atoms with Crippen molar-refractivity contribution in [3.8, 4) is 0 Å². The quantitative estimate of drug-likeness (QED) is 0.314. The van der Waals surface area contributed by atoms with Gasteiger partial charge in [-0.25, -0.2) is 8.42 Å². The molecule has 11 heteroatoms. The van der Waals surface area contributed by atoms with Crippen LogP contribution < -0.4 is 9.62 Å². The van der Waals surface area contributed by atoms with Gasteiger partial charge in [0, 0.05) is 27.2 Å². The van der Waals surface area contributed by atoms with E-state index in [1.165, 1.54) is 35.2 Å². The topological polar surface area (TPSA) is 86.8 Å². The highest BCUT2D eigenvalue weighted by Gasteiger charge is 2.33. The Morgan fingerprint density at radius 1 is 0.872 bits per heavy atom. The highest BCUT2D eigenvalue weighted by molar-refractivity contribution is 7.92. The largest absolute Gasteiger partial charge is 0.350 e. The van der Waals surface area contributed by atoms with Crippen molar-refractivity contribution in [1.82, 2.24) is 10.2 Å². The summed E-state index contributed by atoms with van der Waals surface area (Å²) in [5, 5.41) is 3.75. The molecule has 3 aromatic carbocycles. The Morgan fingerprint density at radius 3 is 2.05 bits per heavy atom. The highest BCUT2D eigenvalue weighted by atomic mass is 35.5. The second-order valence-corrected chi connectivity index (χ2v) is 13.2. The Hall–Kier alpha value is -2.78. The van der Waals surface area contributed by atoms with Gasteiger partial charge in [-0.3, -0.25) is 13.9 Å². The minimum Gasteiger partial charge on any atom is -0.350 e. The molecule has 0 fully saturated rings. The van der Waals surface area contributed by atoms with Gasteiger partial charge in [-0.1, -0.05) is 65.1 Å². The lowest BCUT2D eigenvalue weighted by atomic mass is 10.1. The first kappa shape index (κ1) is 30.8. The van der Waals surface area contributed by atoms with Crippen LogP contribution in [0.4, 0.5) is 5.69 Å². The van der Waals surface area contributed by atoms with Crippen molar-refractivity contribution in [2.45, 2.75) is 50.7 Å². The van der Waals surface area contributed by atoms with E-state index >= 15 is 0 Å². The first-order valence-electron chi connectivity index (χ1n) is 12.1. The van der Waals surface area contributed by atoms with Gasteiger partial charge < -0.3 is 10.2 Å². The van der Waals surface area contributed by atoms with Gasteiger partial charge in [-0.05, 0) is 75.7 Å². The third-order valence-electron chi connectivity index (χ3n) is 5.65. The van der Waals surface area contributed by atoms with Crippen LogP contribution >= 0.6 is 34.8 Å². The van der Waals surface area contributed by atoms with E-state index in [4.69, 9.17) is 34.8 Å². The molecule has 0 bridgehead atoms. The molecule has 1 N–H and O–H groups in total. The zero-order chi connectivity index (χ0) is 29.0. The maximum Gasteiger partial charge on any atom is 0.264 e. The van der Waals surface area contributed by atoms with E-state index in [1.54, 1.807) is 49.4 Å². The number of sulfonamides is 1. The molecule has 39 heavy (non-hydrogen) atoms. The molecule has 0 aliphatic heterocycles. The van der Waals surface area contributed by atoms with Crippen LogP contribution in [-0.4, -0.2) is 43.3 Å². The van der Waals surface area contributed by atoms with Gasteiger partial charge in [0.1, 0.15) is 12.6 Å². The van der Waals surface area contributed by atoms with Crippen molar-refractivity contribution < 1.29 is 18.0 Å². The first-order chi connectivity index (χ1) is 18.2. The predicted octanol–water partition coefficient (Wildman–Crippen LogP) is 6.17. The first-order valence-corrected chi connectivity index (χ1v) is 14.6. The zero-order valence-corrected chi connectivity index (χ0v) is 25.1. The Labute approximate surface area is 244 Å². The molecule has 0 aliphatic rings. The van der Waals surface area contributed by atoms with Gasteiger partial charge in [0.05, 0.1) is 10.6 Å². The number of hydrogen-bond acceptors (Lipinski definition) is 4. The molecule has 0 aromatic heterocycles. The van der Waals surface area contributed by atoms with Crippen LogP contribution in [0.25, 0.3) is 0 Å². The van der Waals surface area contributed by atoms with E-state index in [0.29, 0.717) is 10.6 Å². The Balaban J connectivity index is 2.06. The number of amides is 2. The monoisotopic (exact) mass is 609 g/mol. The molecular formula is C28H30Cl3N3O4S. The van der Waals surface area contributed by atoms with Gasteiger partial charge in [0.25, 0.3) is 10.0 Å². The number of benzene rings is 3. The number of halogens is 3. The lowest BCUT2D eigenvalue weighted by Crippen LogP contribution is -2.54. The average Bonchev–Trinajstić information content (AvgIpc) is 2.84. The van der Waals surface area contributed by atoms with Gasteiger partial charge >= 0.3 is 0 Å². The lowest BCUT2D eigenvalue weighted by molar-refractivity contribution is -0.140. The molecule has 208 valence electrons. The summed E-state index contributed by atoms with van der Waals surface area (Å²) in [6, 6.07) is 18.0. The van der Waals surface area contributed by atoms with E-state index in [1.807, 2.05) is 20.8 Å². The number of hydrogen-bond donors (Lipinski definition) is 1. The van der Waals surface area contributed by atoms with Crippen molar-refractivity contribution in [3.05, 3.63) is 93.4 Å². The van der Waals surface area contributed by atoms with Crippen molar-refractivity contribution >= 4 is 62.3 Å². The van der Waals surface area contributed by atoms with Gasteiger partial charge in [-0.2, -0.15) is 0 Å². The second-order valence-electron chi connectivity index (χ2n) is 10.0. The van der Waals surface area contributed by atoms with E-state index < -0.39 is 34.1 Å². The molecule has 3 aromatic rings. The third kappa shape index (κ3) is 8.35. The molecule has 1 atom stereocenters. The summed E-state index contributed by atoms with van der Waals surface area (Å²) in [4.78, 5) is 28.4. The fourth-order valence-corrected chi connectivity index (χ4v) is 5.97. The van der Waals surface area contributed by atoms with Crippen LogP contribution in [0, 0.1) is 0 Å². The van der Waals surface area contributed by atoms with Gasteiger partial charge in [-0.15, -0.1) is 0 Å². The molecular weight excluding hydrogens is 581 g/mol. The van der Waals surface area contributed by atoms with Crippen molar-refractivity contribution in [2.24, 2.45) is 0 Å². The summed E-state index contributed by atoms with van der Waals surface area (Å²) in [5.41, 5.74) is 0.241. The number of nitrogens with zero attached hydrogens (tertiary/aromatic N) is 2. The van der Waals surface area contributed by atoms with Crippen molar-refractivity contribution in [2.75, 3.05) is 10.8 Å².